The van der Waals surface area contributed by atoms with E-state index in [2.05, 4.69) is 46.9 Å². The molecule has 0 radical (unpaired) electrons. The predicted octanol–water partition coefficient (Wildman–Crippen LogP) is 2.95. The second-order valence-electron chi connectivity index (χ2n) is 2.69. The average Bonchev–Trinajstić information content (AvgIpc) is 2.03. The molecule has 0 fully saturated rings. The molecule has 0 amide bonds. The van der Waals surface area contributed by atoms with Crippen LogP contribution in [-0.2, 0) is 0 Å². The topological polar surface area (TPSA) is 12.0 Å². The lowest BCUT2D eigenvalue weighted by Crippen LogP contribution is -2.04. The van der Waals surface area contributed by atoms with Crippen molar-refractivity contribution < 1.29 is 0 Å². The predicted molar refractivity (Wildman–Crippen MR) is 57.0 cm³/mol. The molecule has 0 aromatic heterocycles. The van der Waals surface area contributed by atoms with Crippen LogP contribution in [0, 0.1) is 6.92 Å². The quantitative estimate of drug-likeness (QED) is 0.817. The molecule has 0 bridgehead atoms. The van der Waals surface area contributed by atoms with Crippen LogP contribution in [-0.4, -0.2) is 7.05 Å². The lowest BCUT2D eigenvalue weighted by Gasteiger charge is -2.08. The van der Waals surface area contributed by atoms with Gasteiger partial charge in [0.05, 0.1) is 0 Å². The van der Waals surface area contributed by atoms with Crippen molar-refractivity contribution in [2.45, 2.75) is 6.92 Å². The van der Waals surface area contributed by atoms with Gasteiger partial charge in [-0.2, -0.15) is 0 Å². The van der Waals surface area contributed by atoms with E-state index in [0.717, 1.165) is 10.2 Å². The highest BCUT2D eigenvalue weighted by Crippen LogP contribution is 2.19. The lowest BCUT2D eigenvalue weighted by molar-refractivity contribution is 1.12. The standard InChI is InChI=1S/C10H12BrN/c1-7-6-9(11)4-5-10(7)8(2)12-3/h4-6,12H,2H2,1,3H3. The van der Waals surface area contributed by atoms with E-state index in [9.17, 15) is 0 Å². The molecule has 0 spiro atoms. The molecule has 0 unspecified atom stereocenters. The van der Waals surface area contributed by atoms with E-state index < -0.39 is 0 Å². The van der Waals surface area contributed by atoms with Crippen LogP contribution in [0.2, 0.25) is 0 Å². The highest BCUT2D eigenvalue weighted by Gasteiger charge is 2.00. The molecule has 0 heterocycles. The van der Waals surface area contributed by atoms with Crippen molar-refractivity contribution in [1.82, 2.24) is 5.32 Å². The summed E-state index contributed by atoms with van der Waals surface area (Å²) in [7, 11) is 1.88. The maximum Gasteiger partial charge on any atom is 0.0340 e. The summed E-state index contributed by atoms with van der Waals surface area (Å²) in [4.78, 5) is 0. The van der Waals surface area contributed by atoms with Gasteiger partial charge in [0.25, 0.3) is 0 Å². The summed E-state index contributed by atoms with van der Waals surface area (Å²) in [5.74, 6) is 0. The Morgan fingerprint density at radius 1 is 1.50 bits per heavy atom. The van der Waals surface area contributed by atoms with E-state index in [4.69, 9.17) is 0 Å². The Labute approximate surface area is 81.6 Å². The van der Waals surface area contributed by atoms with Crippen LogP contribution in [0.5, 0.6) is 0 Å². The number of hydrogen-bond donors (Lipinski definition) is 1. The Morgan fingerprint density at radius 3 is 2.67 bits per heavy atom. The second-order valence-corrected chi connectivity index (χ2v) is 3.60. The summed E-state index contributed by atoms with van der Waals surface area (Å²) < 4.78 is 1.10. The van der Waals surface area contributed by atoms with Gasteiger partial charge in [-0.15, -0.1) is 0 Å². The van der Waals surface area contributed by atoms with Crippen molar-refractivity contribution in [3.63, 3.8) is 0 Å². The number of hydrogen-bond acceptors (Lipinski definition) is 1. The highest BCUT2D eigenvalue weighted by atomic mass is 79.9. The van der Waals surface area contributed by atoms with Crippen LogP contribution in [0.15, 0.2) is 29.3 Å². The van der Waals surface area contributed by atoms with Gasteiger partial charge in [0.2, 0.25) is 0 Å². The second kappa shape index (κ2) is 3.76. The van der Waals surface area contributed by atoms with Crippen LogP contribution < -0.4 is 5.32 Å². The molecule has 0 saturated heterocycles. The number of aryl methyl sites for hydroxylation is 1. The van der Waals surface area contributed by atoms with Crippen molar-refractivity contribution >= 4 is 21.6 Å². The van der Waals surface area contributed by atoms with E-state index in [1.807, 2.05) is 13.1 Å². The average molecular weight is 226 g/mol. The SMILES string of the molecule is C=C(NC)c1ccc(Br)cc1C. The minimum Gasteiger partial charge on any atom is -0.388 e. The van der Waals surface area contributed by atoms with Gasteiger partial charge >= 0.3 is 0 Å². The first kappa shape index (κ1) is 9.33. The van der Waals surface area contributed by atoms with E-state index in [1.165, 1.54) is 11.1 Å². The van der Waals surface area contributed by atoms with Crippen LogP contribution in [0.25, 0.3) is 5.70 Å². The zero-order valence-corrected chi connectivity index (χ0v) is 8.90. The first-order valence-corrected chi connectivity index (χ1v) is 4.57. The Balaban J connectivity index is 3.09. The first-order chi connectivity index (χ1) is 5.65. The van der Waals surface area contributed by atoms with Gasteiger partial charge in [0.15, 0.2) is 0 Å². The van der Waals surface area contributed by atoms with Crippen LogP contribution >= 0.6 is 15.9 Å². The molecule has 0 atom stereocenters. The molecule has 0 aliphatic rings. The molecule has 1 aromatic carbocycles. The fraction of sp³-hybridized carbons (Fsp3) is 0.200. The van der Waals surface area contributed by atoms with Crippen molar-refractivity contribution in [2.24, 2.45) is 0 Å². The van der Waals surface area contributed by atoms with Gasteiger partial charge in [-0.3, -0.25) is 0 Å². The summed E-state index contributed by atoms with van der Waals surface area (Å²) in [5.41, 5.74) is 3.35. The molecule has 12 heavy (non-hydrogen) atoms. The lowest BCUT2D eigenvalue weighted by atomic mass is 10.1. The minimum absolute atomic E-state index is 0.958. The van der Waals surface area contributed by atoms with Crippen LogP contribution in [0.4, 0.5) is 0 Å². The van der Waals surface area contributed by atoms with Crippen molar-refractivity contribution in [3.8, 4) is 0 Å². The summed E-state index contributed by atoms with van der Waals surface area (Å²) in [5, 5.41) is 3.03. The third kappa shape index (κ3) is 1.89. The smallest absolute Gasteiger partial charge is 0.0340 e. The van der Waals surface area contributed by atoms with Gasteiger partial charge in [0, 0.05) is 17.2 Å². The van der Waals surface area contributed by atoms with Gasteiger partial charge in [0.1, 0.15) is 0 Å². The molecule has 64 valence electrons. The minimum atomic E-state index is 0.958. The zero-order valence-electron chi connectivity index (χ0n) is 7.32. The molecule has 0 saturated carbocycles. The van der Waals surface area contributed by atoms with Crippen molar-refractivity contribution in [2.75, 3.05) is 7.05 Å². The maximum atomic E-state index is 3.91. The molecule has 1 nitrogen and oxygen atoms in total. The third-order valence-corrected chi connectivity index (χ3v) is 2.31. The van der Waals surface area contributed by atoms with E-state index in [1.54, 1.807) is 0 Å². The summed E-state index contributed by atoms with van der Waals surface area (Å²) >= 11 is 3.42. The summed E-state index contributed by atoms with van der Waals surface area (Å²) in [6.07, 6.45) is 0. The maximum absolute atomic E-state index is 3.91. The molecule has 1 rings (SSSR count). The van der Waals surface area contributed by atoms with E-state index >= 15 is 0 Å². The van der Waals surface area contributed by atoms with Gasteiger partial charge in [-0.25, -0.2) is 0 Å². The van der Waals surface area contributed by atoms with Crippen LogP contribution in [0.1, 0.15) is 11.1 Å². The number of benzene rings is 1. The molecular weight excluding hydrogens is 214 g/mol. The van der Waals surface area contributed by atoms with Crippen LogP contribution in [0.3, 0.4) is 0 Å². The molecule has 2 heteroatoms. The fourth-order valence-electron chi connectivity index (χ4n) is 1.10. The third-order valence-electron chi connectivity index (χ3n) is 1.82. The monoisotopic (exact) mass is 225 g/mol. The Morgan fingerprint density at radius 2 is 2.17 bits per heavy atom. The summed E-state index contributed by atoms with van der Waals surface area (Å²) in [6.45, 7) is 5.98. The molecule has 1 N–H and O–H groups in total. The Hall–Kier alpha value is -0.760. The van der Waals surface area contributed by atoms with Crippen molar-refractivity contribution in [1.29, 1.82) is 0 Å². The van der Waals surface area contributed by atoms with E-state index in [-0.39, 0.29) is 0 Å². The highest BCUT2D eigenvalue weighted by molar-refractivity contribution is 9.10. The molecule has 0 aliphatic carbocycles. The largest absolute Gasteiger partial charge is 0.388 e. The first-order valence-electron chi connectivity index (χ1n) is 3.78. The Bertz CT molecular complexity index is 305. The molecule has 1 aromatic rings. The summed E-state index contributed by atoms with van der Waals surface area (Å²) in [6, 6.07) is 6.15. The normalized spacial score (nSPS) is 9.58. The molecular formula is C10H12BrN. The van der Waals surface area contributed by atoms with Gasteiger partial charge in [-0.1, -0.05) is 28.6 Å². The van der Waals surface area contributed by atoms with Gasteiger partial charge in [-0.05, 0) is 30.2 Å². The van der Waals surface area contributed by atoms with Gasteiger partial charge < -0.3 is 5.32 Å². The fourth-order valence-corrected chi connectivity index (χ4v) is 1.58. The zero-order chi connectivity index (χ0) is 9.14. The van der Waals surface area contributed by atoms with Crippen molar-refractivity contribution in [3.05, 3.63) is 40.4 Å². The number of rotatable bonds is 2. The van der Waals surface area contributed by atoms with E-state index in [0.29, 0.717) is 0 Å². The molecule has 0 aliphatic heterocycles. The Kier molecular flexibility index (Phi) is 2.93. The number of nitrogens with one attached hydrogen (secondary N) is 1. The number of halogens is 1.